The number of rotatable bonds is 4. The first-order valence-electron chi connectivity index (χ1n) is 5.00. The van der Waals surface area contributed by atoms with E-state index in [0.29, 0.717) is 6.42 Å². The third-order valence-electron chi connectivity index (χ3n) is 2.43. The number of carboxylic acids is 1. The van der Waals surface area contributed by atoms with Crippen LogP contribution in [0, 0.1) is 5.92 Å². The molecule has 0 saturated heterocycles. The van der Waals surface area contributed by atoms with Crippen molar-refractivity contribution in [3.8, 4) is 0 Å². The summed E-state index contributed by atoms with van der Waals surface area (Å²) in [5, 5.41) is 18.0. The number of aliphatic carboxylic acids is 1. The predicted molar refractivity (Wildman–Crippen MR) is 57.6 cm³/mol. The standard InChI is InChI=1S/C12H16O3/c1-8(12(14)15)7-10-3-5-11(6-4-10)9(2)13/h3-6,8-9,13H,7H2,1-2H3,(H,14,15). The van der Waals surface area contributed by atoms with Crippen molar-refractivity contribution in [2.75, 3.05) is 0 Å². The van der Waals surface area contributed by atoms with Crippen molar-refractivity contribution < 1.29 is 15.0 Å². The summed E-state index contributed by atoms with van der Waals surface area (Å²) >= 11 is 0. The molecule has 3 heteroatoms. The lowest BCUT2D eigenvalue weighted by molar-refractivity contribution is -0.141. The normalized spacial score (nSPS) is 14.6. The minimum absolute atomic E-state index is 0.373. The minimum atomic E-state index is -0.783. The molecule has 0 aliphatic rings. The van der Waals surface area contributed by atoms with Crippen molar-refractivity contribution in [1.29, 1.82) is 0 Å². The van der Waals surface area contributed by atoms with Crippen LogP contribution in [0.5, 0.6) is 0 Å². The Kier molecular flexibility index (Phi) is 3.86. The highest BCUT2D eigenvalue weighted by Gasteiger charge is 2.11. The van der Waals surface area contributed by atoms with Gasteiger partial charge in [0.25, 0.3) is 0 Å². The lowest BCUT2D eigenvalue weighted by Crippen LogP contribution is -2.12. The van der Waals surface area contributed by atoms with E-state index in [9.17, 15) is 9.90 Å². The summed E-state index contributed by atoms with van der Waals surface area (Å²) in [6.07, 6.45) is 0.0473. The molecule has 0 amide bonds. The maximum absolute atomic E-state index is 10.6. The summed E-state index contributed by atoms with van der Waals surface area (Å²) in [5.41, 5.74) is 1.83. The average Bonchev–Trinajstić information content (AvgIpc) is 2.18. The minimum Gasteiger partial charge on any atom is -0.481 e. The van der Waals surface area contributed by atoms with Gasteiger partial charge in [0.1, 0.15) is 0 Å². The molecule has 2 unspecified atom stereocenters. The van der Waals surface area contributed by atoms with E-state index >= 15 is 0 Å². The number of aliphatic hydroxyl groups is 1. The summed E-state index contributed by atoms with van der Waals surface area (Å²) in [6, 6.07) is 7.38. The second kappa shape index (κ2) is 4.94. The first-order valence-corrected chi connectivity index (χ1v) is 5.00. The molecule has 0 heterocycles. The highest BCUT2D eigenvalue weighted by molar-refractivity contribution is 5.69. The molecule has 0 spiro atoms. The van der Waals surface area contributed by atoms with E-state index in [2.05, 4.69) is 0 Å². The molecule has 1 aromatic rings. The number of aliphatic hydroxyl groups excluding tert-OH is 1. The lowest BCUT2D eigenvalue weighted by Gasteiger charge is -2.08. The Balaban J connectivity index is 2.68. The smallest absolute Gasteiger partial charge is 0.306 e. The van der Waals surface area contributed by atoms with Gasteiger partial charge in [-0.15, -0.1) is 0 Å². The molecule has 1 rings (SSSR count). The molecule has 0 fully saturated rings. The van der Waals surface area contributed by atoms with Gasteiger partial charge in [0.15, 0.2) is 0 Å². The van der Waals surface area contributed by atoms with Crippen LogP contribution in [0.25, 0.3) is 0 Å². The summed E-state index contributed by atoms with van der Waals surface area (Å²) in [5.74, 6) is -1.16. The molecule has 1 aromatic carbocycles. The van der Waals surface area contributed by atoms with Gasteiger partial charge < -0.3 is 10.2 Å². The maximum Gasteiger partial charge on any atom is 0.306 e. The molecule has 0 aromatic heterocycles. The van der Waals surface area contributed by atoms with Crippen LogP contribution in [0.1, 0.15) is 31.1 Å². The number of hydrogen-bond donors (Lipinski definition) is 2. The van der Waals surface area contributed by atoms with Crippen molar-refractivity contribution in [3.63, 3.8) is 0 Å². The lowest BCUT2D eigenvalue weighted by atomic mass is 9.99. The Bertz CT molecular complexity index is 327. The van der Waals surface area contributed by atoms with Gasteiger partial charge in [0.2, 0.25) is 0 Å². The molecule has 0 radical (unpaired) electrons. The van der Waals surface area contributed by atoms with Gasteiger partial charge in [-0.05, 0) is 24.5 Å². The third-order valence-corrected chi connectivity index (χ3v) is 2.43. The highest BCUT2D eigenvalue weighted by atomic mass is 16.4. The fraction of sp³-hybridized carbons (Fsp3) is 0.417. The molecule has 15 heavy (non-hydrogen) atoms. The maximum atomic E-state index is 10.6. The zero-order chi connectivity index (χ0) is 11.4. The average molecular weight is 208 g/mol. The summed E-state index contributed by atoms with van der Waals surface area (Å²) in [6.45, 7) is 3.39. The Morgan fingerprint density at radius 3 is 2.20 bits per heavy atom. The molecule has 0 bridgehead atoms. The monoisotopic (exact) mass is 208 g/mol. The van der Waals surface area contributed by atoms with Crippen LogP contribution in [0.3, 0.4) is 0 Å². The van der Waals surface area contributed by atoms with E-state index < -0.39 is 12.1 Å². The zero-order valence-electron chi connectivity index (χ0n) is 8.97. The molecular weight excluding hydrogens is 192 g/mol. The Hall–Kier alpha value is -1.35. The van der Waals surface area contributed by atoms with E-state index in [1.807, 2.05) is 24.3 Å². The predicted octanol–water partition coefficient (Wildman–Crippen LogP) is 2.00. The Labute approximate surface area is 89.4 Å². The Morgan fingerprint density at radius 2 is 1.80 bits per heavy atom. The van der Waals surface area contributed by atoms with Gasteiger partial charge in [-0.2, -0.15) is 0 Å². The van der Waals surface area contributed by atoms with Crippen LogP contribution in [-0.2, 0) is 11.2 Å². The summed E-state index contributed by atoms with van der Waals surface area (Å²) in [4.78, 5) is 10.6. The summed E-state index contributed by atoms with van der Waals surface area (Å²) in [7, 11) is 0. The Morgan fingerprint density at radius 1 is 1.27 bits per heavy atom. The van der Waals surface area contributed by atoms with Crippen LogP contribution in [-0.4, -0.2) is 16.2 Å². The largest absolute Gasteiger partial charge is 0.481 e. The van der Waals surface area contributed by atoms with Gasteiger partial charge in [-0.3, -0.25) is 4.79 Å². The number of benzene rings is 1. The van der Waals surface area contributed by atoms with Crippen molar-refractivity contribution >= 4 is 5.97 Å². The molecule has 0 aliphatic carbocycles. The van der Waals surface area contributed by atoms with E-state index in [4.69, 9.17) is 5.11 Å². The first kappa shape index (κ1) is 11.7. The fourth-order valence-electron chi connectivity index (χ4n) is 1.37. The van der Waals surface area contributed by atoms with Crippen LogP contribution >= 0.6 is 0 Å². The first-order chi connectivity index (χ1) is 7.00. The summed E-state index contributed by atoms with van der Waals surface area (Å²) < 4.78 is 0. The fourth-order valence-corrected chi connectivity index (χ4v) is 1.37. The van der Waals surface area contributed by atoms with Gasteiger partial charge in [0, 0.05) is 0 Å². The van der Waals surface area contributed by atoms with Gasteiger partial charge >= 0.3 is 5.97 Å². The van der Waals surface area contributed by atoms with Crippen molar-refractivity contribution in [1.82, 2.24) is 0 Å². The van der Waals surface area contributed by atoms with Crippen LogP contribution < -0.4 is 0 Å². The van der Waals surface area contributed by atoms with E-state index in [1.165, 1.54) is 0 Å². The zero-order valence-corrected chi connectivity index (χ0v) is 8.97. The molecular formula is C12H16O3. The molecule has 3 nitrogen and oxygen atoms in total. The van der Waals surface area contributed by atoms with E-state index in [1.54, 1.807) is 13.8 Å². The van der Waals surface area contributed by atoms with Gasteiger partial charge in [0.05, 0.1) is 12.0 Å². The van der Waals surface area contributed by atoms with Crippen LogP contribution in [0.4, 0.5) is 0 Å². The second-order valence-electron chi connectivity index (χ2n) is 3.86. The molecule has 0 saturated carbocycles. The molecule has 2 N–H and O–H groups in total. The van der Waals surface area contributed by atoms with Gasteiger partial charge in [-0.25, -0.2) is 0 Å². The third kappa shape index (κ3) is 3.36. The highest BCUT2D eigenvalue weighted by Crippen LogP contribution is 2.15. The SMILES string of the molecule is CC(Cc1ccc(C(C)O)cc1)C(=O)O. The molecule has 82 valence electrons. The second-order valence-corrected chi connectivity index (χ2v) is 3.86. The van der Waals surface area contributed by atoms with E-state index in [-0.39, 0.29) is 5.92 Å². The topological polar surface area (TPSA) is 57.5 Å². The van der Waals surface area contributed by atoms with Crippen LogP contribution in [0.2, 0.25) is 0 Å². The molecule has 0 aliphatic heterocycles. The van der Waals surface area contributed by atoms with Crippen molar-refractivity contribution in [3.05, 3.63) is 35.4 Å². The van der Waals surface area contributed by atoms with Crippen molar-refractivity contribution in [2.24, 2.45) is 5.92 Å². The number of hydrogen-bond acceptors (Lipinski definition) is 2. The van der Waals surface area contributed by atoms with Crippen LogP contribution in [0.15, 0.2) is 24.3 Å². The van der Waals surface area contributed by atoms with E-state index in [0.717, 1.165) is 11.1 Å². The number of carbonyl (C=O) groups is 1. The quantitative estimate of drug-likeness (QED) is 0.795. The van der Waals surface area contributed by atoms with Crippen molar-refractivity contribution in [2.45, 2.75) is 26.4 Å². The molecule has 2 atom stereocenters. The van der Waals surface area contributed by atoms with Gasteiger partial charge in [-0.1, -0.05) is 31.2 Å². The number of carboxylic acid groups (broad SMARTS) is 1.